The maximum atomic E-state index is 11.2. The minimum Gasteiger partial charge on any atom is -0.506 e. The number of ether oxygens (including phenoxy) is 2. The normalized spacial score (nSPS) is 13.6. The molecule has 0 aromatic heterocycles. The molecule has 0 aliphatic heterocycles. The van der Waals surface area contributed by atoms with Crippen molar-refractivity contribution in [2.24, 2.45) is 0 Å². The van der Waals surface area contributed by atoms with Gasteiger partial charge in [-0.15, -0.1) is 0 Å². The van der Waals surface area contributed by atoms with E-state index in [4.69, 9.17) is 9.47 Å². The van der Waals surface area contributed by atoms with Gasteiger partial charge in [-0.2, -0.15) is 0 Å². The number of carbonyl (C=O) groups is 1. The average molecular weight is 643 g/mol. The van der Waals surface area contributed by atoms with Crippen LogP contribution in [0.25, 0.3) is 0 Å². The summed E-state index contributed by atoms with van der Waals surface area (Å²) in [5.41, 5.74) is 4.46. The van der Waals surface area contributed by atoms with E-state index in [0.29, 0.717) is 30.8 Å². The standard InChI is InChI=1S/C37H46N4O6/c1-24(17-26-5-11-30(46-3)12-6-26)38-21-34(28-9-15-35(43)32(19-28)40-23-42)41-33-20-29(10-16-36(33)44)37(45)22-39-25(2)18-27-7-13-31(47-4)14-8-27/h5-16,19-20,23-25,34,37-39,41,43-45H,17-18,21-22H2,1-4H3,(H,40,42)/t24-,25-,34-,37+/m0/s1. The number of amides is 1. The molecule has 250 valence electrons. The number of anilines is 2. The van der Waals surface area contributed by atoms with Crippen molar-refractivity contribution >= 4 is 17.8 Å². The van der Waals surface area contributed by atoms with Crippen LogP contribution in [0.1, 0.15) is 48.2 Å². The molecular formula is C37H46N4O6. The van der Waals surface area contributed by atoms with Crippen molar-refractivity contribution in [1.29, 1.82) is 0 Å². The van der Waals surface area contributed by atoms with Crippen LogP contribution in [0, 0.1) is 0 Å². The number of hydrogen-bond acceptors (Lipinski definition) is 9. The maximum Gasteiger partial charge on any atom is 0.211 e. The number of aliphatic hydroxyl groups excluding tert-OH is 1. The molecular weight excluding hydrogens is 596 g/mol. The van der Waals surface area contributed by atoms with Crippen molar-refractivity contribution in [2.75, 3.05) is 37.9 Å². The summed E-state index contributed by atoms with van der Waals surface area (Å²) in [6.07, 6.45) is 1.27. The fraction of sp³-hybridized carbons (Fsp3) is 0.324. The Morgan fingerprint density at radius 2 is 1.17 bits per heavy atom. The third-order valence-electron chi connectivity index (χ3n) is 8.10. The van der Waals surface area contributed by atoms with Crippen LogP contribution in [0.5, 0.6) is 23.0 Å². The molecule has 7 N–H and O–H groups in total. The zero-order chi connectivity index (χ0) is 33.8. The van der Waals surface area contributed by atoms with Gasteiger partial charge in [-0.1, -0.05) is 36.4 Å². The molecule has 0 saturated heterocycles. The number of phenolic OH excluding ortho intramolecular Hbond substituents is 2. The van der Waals surface area contributed by atoms with Crippen LogP contribution >= 0.6 is 0 Å². The lowest BCUT2D eigenvalue weighted by atomic mass is 10.0. The summed E-state index contributed by atoms with van der Waals surface area (Å²) in [6.45, 7) is 4.95. The SMILES string of the molecule is COc1ccc(C[C@H](C)NC[C@@H](O)c2ccc(O)c(N[C@@H](CN[C@@H](C)Cc3ccc(OC)cc3)c3ccc(O)c(NC=O)c3)c2)cc1. The number of carbonyl (C=O) groups excluding carboxylic acids is 1. The Morgan fingerprint density at radius 3 is 1.70 bits per heavy atom. The second-order valence-corrected chi connectivity index (χ2v) is 11.8. The maximum absolute atomic E-state index is 11.2. The quantitative estimate of drug-likeness (QED) is 0.0567. The van der Waals surface area contributed by atoms with E-state index in [1.165, 1.54) is 6.07 Å². The van der Waals surface area contributed by atoms with Gasteiger partial charge >= 0.3 is 0 Å². The van der Waals surface area contributed by atoms with Crippen LogP contribution in [0.3, 0.4) is 0 Å². The molecule has 0 heterocycles. The third-order valence-corrected chi connectivity index (χ3v) is 8.10. The lowest BCUT2D eigenvalue weighted by Gasteiger charge is -2.25. The van der Waals surface area contributed by atoms with Crippen LogP contribution < -0.4 is 30.7 Å². The zero-order valence-corrected chi connectivity index (χ0v) is 27.4. The molecule has 10 heteroatoms. The average Bonchev–Trinajstić information content (AvgIpc) is 3.08. The summed E-state index contributed by atoms with van der Waals surface area (Å²) >= 11 is 0. The minimum atomic E-state index is -0.812. The first-order valence-electron chi connectivity index (χ1n) is 15.7. The van der Waals surface area contributed by atoms with Crippen LogP contribution in [0.2, 0.25) is 0 Å². The Labute approximate surface area is 276 Å². The molecule has 0 spiro atoms. The highest BCUT2D eigenvalue weighted by atomic mass is 16.5. The molecule has 4 atom stereocenters. The number of aliphatic hydroxyl groups is 1. The summed E-state index contributed by atoms with van der Waals surface area (Å²) in [6, 6.07) is 25.7. The summed E-state index contributed by atoms with van der Waals surface area (Å²) < 4.78 is 10.5. The molecule has 0 radical (unpaired) electrons. The van der Waals surface area contributed by atoms with Crippen molar-refractivity contribution in [1.82, 2.24) is 10.6 Å². The molecule has 0 bridgehead atoms. The minimum absolute atomic E-state index is 0.0306. The van der Waals surface area contributed by atoms with Gasteiger partial charge in [0.2, 0.25) is 6.41 Å². The van der Waals surface area contributed by atoms with Crippen LogP contribution in [-0.2, 0) is 17.6 Å². The number of methoxy groups -OCH3 is 2. The summed E-state index contributed by atoms with van der Waals surface area (Å²) in [5, 5.41) is 45.1. The molecule has 0 saturated carbocycles. The highest BCUT2D eigenvalue weighted by Crippen LogP contribution is 2.33. The van der Waals surface area contributed by atoms with Gasteiger partial charge in [0.25, 0.3) is 0 Å². The first-order valence-corrected chi connectivity index (χ1v) is 15.7. The lowest BCUT2D eigenvalue weighted by Crippen LogP contribution is -2.34. The molecule has 0 aliphatic carbocycles. The molecule has 0 aliphatic rings. The monoisotopic (exact) mass is 642 g/mol. The lowest BCUT2D eigenvalue weighted by molar-refractivity contribution is -0.105. The Bertz CT molecular complexity index is 1560. The van der Waals surface area contributed by atoms with Gasteiger partial charge in [0.1, 0.15) is 23.0 Å². The van der Waals surface area contributed by atoms with Crippen LogP contribution in [0.4, 0.5) is 11.4 Å². The molecule has 4 aromatic carbocycles. The molecule has 0 unspecified atom stereocenters. The van der Waals surface area contributed by atoms with Gasteiger partial charge in [0.05, 0.1) is 37.7 Å². The molecule has 47 heavy (non-hydrogen) atoms. The van der Waals surface area contributed by atoms with E-state index in [1.54, 1.807) is 44.6 Å². The largest absolute Gasteiger partial charge is 0.506 e. The Hall–Kier alpha value is -4.77. The number of phenols is 2. The molecule has 4 rings (SSSR count). The predicted molar refractivity (Wildman–Crippen MR) is 186 cm³/mol. The summed E-state index contributed by atoms with van der Waals surface area (Å²) in [4.78, 5) is 11.2. The number of nitrogens with one attached hydrogen (secondary N) is 4. The van der Waals surface area contributed by atoms with E-state index >= 15 is 0 Å². The van der Waals surface area contributed by atoms with Gasteiger partial charge < -0.3 is 46.1 Å². The fourth-order valence-corrected chi connectivity index (χ4v) is 5.39. The topological polar surface area (TPSA) is 144 Å². The van der Waals surface area contributed by atoms with E-state index in [-0.39, 0.29) is 35.3 Å². The van der Waals surface area contributed by atoms with Gasteiger partial charge in [0.15, 0.2) is 0 Å². The second kappa shape index (κ2) is 17.2. The van der Waals surface area contributed by atoms with E-state index < -0.39 is 6.10 Å². The van der Waals surface area contributed by atoms with Crippen molar-refractivity contribution in [2.45, 2.75) is 50.9 Å². The molecule has 4 aromatic rings. The summed E-state index contributed by atoms with van der Waals surface area (Å²) in [7, 11) is 3.28. The van der Waals surface area contributed by atoms with E-state index in [9.17, 15) is 20.1 Å². The molecule has 10 nitrogen and oxygen atoms in total. The predicted octanol–water partition coefficient (Wildman–Crippen LogP) is 5.31. The highest BCUT2D eigenvalue weighted by molar-refractivity contribution is 5.75. The van der Waals surface area contributed by atoms with E-state index in [2.05, 4.69) is 35.1 Å². The first-order chi connectivity index (χ1) is 22.7. The second-order valence-electron chi connectivity index (χ2n) is 11.8. The fourth-order valence-electron chi connectivity index (χ4n) is 5.39. The Balaban J connectivity index is 1.46. The van der Waals surface area contributed by atoms with Gasteiger partial charge in [-0.25, -0.2) is 0 Å². The number of rotatable bonds is 18. The van der Waals surface area contributed by atoms with Crippen molar-refractivity contribution in [3.8, 4) is 23.0 Å². The summed E-state index contributed by atoms with van der Waals surface area (Å²) in [5.74, 6) is 1.59. The highest BCUT2D eigenvalue weighted by Gasteiger charge is 2.19. The van der Waals surface area contributed by atoms with Gasteiger partial charge in [-0.05, 0) is 97.5 Å². The van der Waals surface area contributed by atoms with Crippen molar-refractivity contribution in [3.63, 3.8) is 0 Å². The third kappa shape index (κ3) is 10.4. The van der Waals surface area contributed by atoms with Crippen LogP contribution in [-0.4, -0.2) is 61.1 Å². The van der Waals surface area contributed by atoms with E-state index in [1.807, 2.05) is 48.5 Å². The molecule has 0 fully saturated rings. The van der Waals surface area contributed by atoms with Gasteiger partial charge in [-0.3, -0.25) is 4.79 Å². The zero-order valence-electron chi connectivity index (χ0n) is 27.4. The van der Waals surface area contributed by atoms with Crippen LogP contribution in [0.15, 0.2) is 84.9 Å². The van der Waals surface area contributed by atoms with Crippen molar-refractivity contribution in [3.05, 3.63) is 107 Å². The number of benzene rings is 4. The Kier molecular flexibility index (Phi) is 12.9. The van der Waals surface area contributed by atoms with E-state index in [0.717, 1.165) is 41.0 Å². The smallest absolute Gasteiger partial charge is 0.211 e. The Morgan fingerprint density at radius 1 is 0.681 bits per heavy atom. The number of hydrogen-bond donors (Lipinski definition) is 7. The van der Waals surface area contributed by atoms with Crippen molar-refractivity contribution < 1.29 is 29.6 Å². The van der Waals surface area contributed by atoms with Gasteiger partial charge in [0, 0.05) is 25.2 Å². The molecule has 1 amide bonds. The first kappa shape index (κ1) is 35.1. The number of aromatic hydroxyl groups is 2.